The fourth-order valence-corrected chi connectivity index (χ4v) is 2.44. The minimum Gasteiger partial charge on any atom is -0.346 e. The van der Waals surface area contributed by atoms with Crippen LogP contribution in [0.25, 0.3) is 0 Å². The molecule has 0 atom stereocenters. The molecule has 0 aliphatic heterocycles. The predicted molar refractivity (Wildman–Crippen MR) is 75.3 cm³/mol. The summed E-state index contributed by atoms with van der Waals surface area (Å²) in [6.07, 6.45) is 1.96. The molecular weight excluding hydrogens is 340 g/mol. The van der Waals surface area contributed by atoms with Gasteiger partial charge in [0.2, 0.25) is 0 Å². The summed E-state index contributed by atoms with van der Waals surface area (Å²) < 4.78 is 56.2. The van der Waals surface area contributed by atoms with Crippen LogP contribution in [0.4, 0.5) is 0 Å². The summed E-state index contributed by atoms with van der Waals surface area (Å²) in [5.74, 6) is -1.82. The maximum atomic E-state index is 11.3. The van der Waals surface area contributed by atoms with Crippen LogP contribution in [-0.4, -0.2) is 41.6 Å². The quantitative estimate of drug-likeness (QED) is 0.385. The van der Waals surface area contributed by atoms with Gasteiger partial charge in [-0.1, -0.05) is 13.3 Å². The van der Waals surface area contributed by atoms with E-state index < -0.39 is 32.5 Å². The summed E-state index contributed by atoms with van der Waals surface area (Å²) in [5.41, 5.74) is 0. The van der Waals surface area contributed by atoms with E-state index in [4.69, 9.17) is 0 Å². The van der Waals surface area contributed by atoms with Gasteiger partial charge < -0.3 is 8.37 Å². The van der Waals surface area contributed by atoms with Crippen LogP contribution in [0.5, 0.6) is 0 Å². The second-order valence-corrected chi connectivity index (χ2v) is 7.20. The normalized spacial score (nSPS) is 11.9. The van der Waals surface area contributed by atoms with Gasteiger partial charge in [0.25, 0.3) is 0 Å². The van der Waals surface area contributed by atoms with E-state index in [0.717, 1.165) is 6.26 Å². The van der Waals surface area contributed by atoms with Crippen LogP contribution in [0, 0.1) is 0 Å². The van der Waals surface area contributed by atoms with Gasteiger partial charge in [0, 0.05) is 12.8 Å². The Kier molecular flexibility index (Phi) is 9.21. The van der Waals surface area contributed by atoms with Gasteiger partial charge >= 0.3 is 32.5 Å². The molecule has 22 heavy (non-hydrogen) atoms. The van der Waals surface area contributed by atoms with Crippen LogP contribution in [0.15, 0.2) is 0 Å². The maximum Gasteiger partial charge on any atom is 0.451 e. The van der Waals surface area contributed by atoms with Crippen LogP contribution in [-0.2, 0) is 42.7 Å². The standard InChI is InChI=1S/C11H20O9S2/c1-3-9-18-22(16,17)20-11(13)8-6-4-5-7-10(12)19-21(2,14)15/h3-9H2,1-2H3. The van der Waals surface area contributed by atoms with Gasteiger partial charge in [-0.15, -0.1) is 0 Å². The average Bonchev–Trinajstić information content (AvgIpc) is 2.33. The lowest BCUT2D eigenvalue weighted by Gasteiger charge is -2.05. The number of hydrogen-bond acceptors (Lipinski definition) is 9. The van der Waals surface area contributed by atoms with E-state index in [0.29, 0.717) is 19.3 Å². The molecule has 0 unspecified atom stereocenters. The number of hydrogen-bond donors (Lipinski definition) is 0. The molecule has 0 aromatic carbocycles. The minimum atomic E-state index is -4.31. The van der Waals surface area contributed by atoms with Crippen LogP contribution in [0.3, 0.4) is 0 Å². The first-order valence-electron chi connectivity index (χ1n) is 6.59. The monoisotopic (exact) mass is 360 g/mol. The van der Waals surface area contributed by atoms with Gasteiger partial charge in [-0.3, -0.25) is 9.59 Å². The Balaban J connectivity index is 3.84. The molecule has 0 aliphatic carbocycles. The molecule has 0 saturated heterocycles. The molecule has 0 amide bonds. The number of carbonyl (C=O) groups is 2. The van der Waals surface area contributed by atoms with Crippen molar-refractivity contribution in [2.24, 2.45) is 0 Å². The molecule has 0 aromatic rings. The Hall–Kier alpha value is -1.20. The highest BCUT2D eigenvalue weighted by Gasteiger charge is 2.17. The van der Waals surface area contributed by atoms with E-state index >= 15 is 0 Å². The molecule has 0 heterocycles. The summed E-state index contributed by atoms with van der Waals surface area (Å²) in [6.45, 7) is 1.63. The fraction of sp³-hybridized carbons (Fsp3) is 0.818. The molecule has 0 fully saturated rings. The van der Waals surface area contributed by atoms with Gasteiger partial charge in [-0.2, -0.15) is 16.8 Å². The van der Waals surface area contributed by atoms with Crippen molar-refractivity contribution in [2.45, 2.75) is 45.4 Å². The summed E-state index contributed by atoms with van der Waals surface area (Å²) >= 11 is 0. The average molecular weight is 360 g/mol. The largest absolute Gasteiger partial charge is 0.451 e. The molecule has 0 aromatic heterocycles. The smallest absolute Gasteiger partial charge is 0.346 e. The number of unbranched alkanes of at least 4 members (excludes halogenated alkanes) is 2. The zero-order valence-corrected chi connectivity index (χ0v) is 14.1. The Morgan fingerprint density at radius 1 is 0.864 bits per heavy atom. The molecule has 0 aliphatic rings. The summed E-state index contributed by atoms with van der Waals surface area (Å²) in [4.78, 5) is 22.3. The number of carbonyl (C=O) groups excluding carboxylic acids is 2. The van der Waals surface area contributed by atoms with Crippen LogP contribution >= 0.6 is 0 Å². The van der Waals surface area contributed by atoms with Crippen molar-refractivity contribution in [3.63, 3.8) is 0 Å². The summed E-state index contributed by atoms with van der Waals surface area (Å²) in [5, 5.41) is 0. The Labute approximate surface area is 130 Å². The molecule has 0 N–H and O–H groups in total. The van der Waals surface area contributed by atoms with Gasteiger partial charge in [-0.25, -0.2) is 4.18 Å². The highest BCUT2D eigenvalue weighted by Crippen LogP contribution is 2.08. The maximum absolute atomic E-state index is 11.3. The lowest BCUT2D eigenvalue weighted by Crippen LogP contribution is -2.16. The van der Waals surface area contributed by atoms with Crippen molar-refractivity contribution in [3.8, 4) is 0 Å². The molecule has 0 bridgehead atoms. The van der Waals surface area contributed by atoms with Crippen molar-refractivity contribution in [1.82, 2.24) is 0 Å². The highest BCUT2D eigenvalue weighted by atomic mass is 32.3. The van der Waals surface area contributed by atoms with E-state index in [9.17, 15) is 26.4 Å². The molecule has 130 valence electrons. The van der Waals surface area contributed by atoms with Crippen LogP contribution in [0.2, 0.25) is 0 Å². The SMILES string of the molecule is CCCOS(=O)(=O)OC(=O)CCCCCC(=O)OS(C)(=O)=O. The van der Waals surface area contributed by atoms with Crippen molar-refractivity contribution in [3.05, 3.63) is 0 Å². The molecule has 0 rings (SSSR count). The lowest BCUT2D eigenvalue weighted by atomic mass is 10.1. The summed E-state index contributed by atoms with van der Waals surface area (Å²) in [7, 11) is -8.12. The summed E-state index contributed by atoms with van der Waals surface area (Å²) in [6, 6.07) is 0. The van der Waals surface area contributed by atoms with Gasteiger partial charge in [0.05, 0.1) is 12.9 Å². The second kappa shape index (κ2) is 9.74. The van der Waals surface area contributed by atoms with Gasteiger partial charge in [-0.05, 0) is 19.3 Å². The zero-order valence-electron chi connectivity index (χ0n) is 12.4. The topological polar surface area (TPSA) is 130 Å². The second-order valence-electron chi connectivity index (χ2n) is 4.41. The van der Waals surface area contributed by atoms with E-state index in [1.54, 1.807) is 6.92 Å². The molecule has 11 heteroatoms. The third-order valence-corrected chi connectivity index (χ3v) is 3.47. The lowest BCUT2D eigenvalue weighted by molar-refractivity contribution is -0.135. The number of rotatable bonds is 11. The van der Waals surface area contributed by atoms with Gasteiger partial charge in [0.15, 0.2) is 0 Å². The molecule has 9 nitrogen and oxygen atoms in total. The van der Waals surface area contributed by atoms with E-state index in [1.165, 1.54) is 0 Å². The Morgan fingerprint density at radius 3 is 1.82 bits per heavy atom. The van der Waals surface area contributed by atoms with Crippen molar-refractivity contribution >= 4 is 32.5 Å². The van der Waals surface area contributed by atoms with Crippen molar-refractivity contribution < 1.29 is 39.0 Å². The van der Waals surface area contributed by atoms with Gasteiger partial charge in [0.1, 0.15) is 0 Å². The first-order valence-corrected chi connectivity index (χ1v) is 9.74. The molecule has 0 spiro atoms. The molecule has 0 saturated carbocycles. The van der Waals surface area contributed by atoms with E-state index in [2.05, 4.69) is 12.5 Å². The Morgan fingerprint density at radius 2 is 1.36 bits per heavy atom. The third kappa shape index (κ3) is 12.5. The van der Waals surface area contributed by atoms with E-state index in [-0.39, 0.29) is 25.9 Å². The molecule has 0 radical (unpaired) electrons. The third-order valence-electron chi connectivity index (χ3n) is 2.13. The van der Waals surface area contributed by atoms with Crippen LogP contribution < -0.4 is 0 Å². The van der Waals surface area contributed by atoms with Crippen molar-refractivity contribution in [2.75, 3.05) is 12.9 Å². The highest BCUT2D eigenvalue weighted by molar-refractivity contribution is 7.86. The minimum absolute atomic E-state index is 0.0714. The Bertz CT molecular complexity index is 562. The molecular formula is C11H20O9S2. The zero-order chi connectivity index (χ0) is 17.2. The fourth-order valence-electron chi connectivity index (χ4n) is 1.29. The predicted octanol–water partition coefficient (Wildman–Crippen LogP) is 0.654. The first-order chi connectivity index (χ1) is 10.1. The van der Waals surface area contributed by atoms with Crippen molar-refractivity contribution in [1.29, 1.82) is 0 Å². The van der Waals surface area contributed by atoms with Crippen LogP contribution in [0.1, 0.15) is 45.4 Å². The van der Waals surface area contributed by atoms with E-state index in [1.807, 2.05) is 0 Å². The first kappa shape index (κ1) is 20.8.